The molecule has 41 heavy (non-hydrogen) atoms. The van der Waals surface area contributed by atoms with Gasteiger partial charge in [0.25, 0.3) is 0 Å². The maximum Gasteiger partial charge on any atom is 0.319 e. The van der Waals surface area contributed by atoms with E-state index in [-0.39, 0.29) is 50.7 Å². The van der Waals surface area contributed by atoms with Gasteiger partial charge in [-0.3, -0.25) is 4.90 Å². The molecule has 4 N–H and O–H groups in total. The summed E-state index contributed by atoms with van der Waals surface area (Å²) in [6.45, 7) is 2.36. The van der Waals surface area contributed by atoms with Crippen molar-refractivity contribution in [3.8, 4) is 17.1 Å². The number of hydrogen-bond acceptors (Lipinski definition) is 10. The lowest BCUT2D eigenvalue weighted by Crippen LogP contribution is -2.51. The minimum absolute atomic E-state index is 0.0285. The van der Waals surface area contributed by atoms with Crippen LogP contribution in [0.1, 0.15) is 25.7 Å². The number of anilines is 2. The van der Waals surface area contributed by atoms with Gasteiger partial charge in [-0.2, -0.15) is 9.97 Å². The zero-order chi connectivity index (χ0) is 28.5. The van der Waals surface area contributed by atoms with Crippen molar-refractivity contribution in [2.45, 2.75) is 43.3 Å². The molecule has 7 rings (SSSR count). The number of ether oxygens (including phenoxy) is 1. The highest BCUT2D eigenvalue weighted by Crippen LogP contribution is 2.43. The molecule has 2 bridgehead atoms. The van der Waals surface area contributed by atoms with Gasteiger partial charge in [-0.05, 0) is 57.5 Å². The molecular formula is C28H30ClF2N7O2S. The van der Waals surface area contributed by atoms with Crippen LogP contribution in [0, 0.1) is 11.6 Å². The Hall–Kier alpha value is -2.90. The van der Waals surface area contributed by atoms with E-state index in [9.17, 15) is 9.50 Å². The molecule has 13 heteroatoms. The van der Waals surface area contributed by atoms with Gasteiger partial charge in [0.2, 0.25) is 0 Å². The number of thiazole rings is 1. The molecule has 2 unspecified atom stereocenters. The zero-order valence-electron chi connectivity index (χ0n) is 22.5. The largest absolute Gasteiger partial charge is 0.461 e. The average Bonchev–Trinajstić information content (AvgIpc) is 3.64. The summed E-state index contributed by atoms with van der Waals surface area (Å²) in [5.74, 6) is -0.609. The number of hydrogen-bond donors (Lipinski definition) is 3. The molecule has 3 aliphatic heterocycles. The number of benzene rings is 2. The first-order valence-corrected chi connectivity index (χ1v) is 15.0. The van der Waals surface area contributed by atoms with E-state index in [2.05, 4.69) is 25.1 Å². The summed E-state index contributed by atoms with van der Waals surface area (Å²) in [4.78, 5) is 17.8. The van der Waals surface area contributed by atoms with Crippen molar-refractivity contribution in [3.05, 3.63) is 34.9 Å². The first kappa shape index (κ1) is 27.0. The van der Waals surface area contributed by atoms with Gasteiger partial charge in [0, 0.05) is 41.7 Å². The minimum atomic E-state index is -0.673. The highest BCUT2D eigenvalue weighted by atomic mass is 35.5. The molecule has 3 fully saturated rings. The maximum atomic E-state index is 16.6. The lowest BCUT2D eigenvalue weighted by atomic mass is 9.99. The highest BCUT2D eigenvalue weighted by Gasteiger charge is 2.40. The van der Waals surface area contributed by atoms with Crippen molar-refractivity contribution < 1.29 is 18.6 Å². The number of likely N-dealkylation sites (tertiary alicyclic amines) is 1. The maximum absolute atomic E-state index is 16.6. The quantitative estimate of drug-likeness (QED) is 0.299. The van der Waals surface area contributed by atoms with E-state index in [0.717, 1.165) is 43.6 Å². The Morgan fingerprint density at radius 3 is 2.68 bits per heavy atom. The van der Waals surface area contributed by atoms with Gasteiger partial charge in [-0.25, -0.2) is 13.8 Å². The predicted molar refractivity (Wildman–Crippen MR) is 157 cm³/mol. The third-order valence-corrected chi connectivity index (χ3v) is 10.0. The lowest BCUT2D eigenvalue weighted by Gasteiger charge is -2.35. The topological polar surface area (TPSA) is 113 Å². The molecule has 0 saturated carbocycles. The fourth-order valence-corrected chi connectivity index (χ4v) is 7.63. The molecule has 5 heterocycles. The molecule has 2 aromatic heterocycles. The SMILES string of the molecule is CN1CCC[C@@]1(CO)COc1nc(N2CC3CCC(C2)N3)c2cc(Cl)c(-c3ccc(F)c4sc(N)nc34)c(F)c2n1. The van der Waals surface area contributed by atoms with E-state index in [0.29, 0.717) is 41.9 Å². The monoisotopic (exact) mass is 601 g/mol. The van der Waals surface area contributed by atoms with Crippen molar-refractivity contribution in [2.24, 2.45) is 0 Å². The second kappa shape index (κ2) is 10.1. The van der Waals surface area contributed by atoms with Crippen molar-refractivity contribution in [2.75, 3.05) is 50.5 Å². The summed E-state index contributed by atoms with van der Waals surface area (Å²) < 4.78 is 37.6. The molecule has 9 nitrogen and oxygen atoms in total. The van der Waals surface area contributed by atoms with Gasteiger partial charge in [0.05, 0.1) is 27.4 Å². The van der Waals surface area contributed by atoms with Crippen LogP contribution in [0.3, 0.4) is 0 Å². The van der Waals surface area contributed by atoms with Gasteiger partial charge < -0.3 is 25.8 Å². The Kier molecular flexibility index (Phi) is 6.66. The minimum Gasteiger partial charge on any atom is -0.461 e. The molecule has 0 spiro atoms. The van der Waals surface area contributed by atoms with E-state index in [1.165, 1.54) is 12.1 Å². The Balaban J connectivity index is 1.38. The number of aromatic nitrogens is 3. The average molecular weight is 602 g/mol. The number of nitrogen functional groups attached to an aromatic ring is 1. The van der Waals surface area contributed by atoms with Gasteiger partial charge in [-0.1, -0.05) is 22.9 Å². The molecule has 3 atom stereocenters. The van der Waals surface area contributed by atoms with E-state index in [1.54, 1.807) is 6.07 Å². The van der Waals surface area contributed by atoms with Crippen molar-refractivity contribution >= 4 is 55.0 Å². The molecule has 0 amide bonds. The van der Waals surface area contributed by atoms with Crippen LogP contribution >= 0.6 is 22.9 Å². The van der Waals surface area contributed by atoms with Crippen molar-refractivity contribution in [3.63, 3.8) is 0 Å². The summed E-state index contributed by atoms with van der Waals surface area (Å²) in [7, 11) is 1.96. The summed E-state index contributed by atoms with van der Waals surface area (Å²) in [6, 6.07) is 5.05. The van der Waals surface area contributed by atoms with Crippen LogP contribution in [-0.2, 0) is 0 Å². The summed E-state index contributed by atoms with van der Waals surface area (Å²) in [5, 5.41) is 14.6. The number of rotatable bonds is 6. The van der Waals surface area contributed by atoms with E-state index < -0.39 is 17.2 Å². The number of nitrogens with two attached hydrogens (primary N) is 1. The summed E-state index contributed by atoms with van der Waals surface area (Å²) in [5.41, 5.74) is 6.01. The van der Waals surface area contributed by atoms with Gasteiger partial charge >= 0.3 is 6.01 Å². The Bertz CT molecular complexity index is 1660. The molecular weight excluding hydrogens is 572 g/mol. The van der Waals surface area contributed by atoms with Gasteiger partial charge in [0.15, 0.2) is 10.9 Å². The molecule has 3 aliphatic rings. The molecule has 216 valence electrons. The highest BCUT2D eigenvalue weighted by molar-refractivity contribution is 7.22. The first-order valence-electron chi connectivity index (χ1n) is 13.8. The zero-order valence-corrected chi connectivity index (χ0v) is 24.0. The van der Waals surface area contributed by atoms with Crippen LogP contribution in [0.2, 0.25) is 5.02 Å². The van der Waals surface area contributed by atoms with Crippen LogP contribution in [0.15, 0.2) is 18.2 Å². The molecule has 0 aliphatic carbocycles. The van der Waals surface area contributed by atoms with Crippen LogP contribution in [0.4, 0.5) is 19.7 Å². The van der Waals surface area contributed by atoms with Gasteiger partial charge in [-0.15, -0.1) is 0 Å². The standard InChI is InChI=1S/C28H30ClF2N7O2S/c1-37-8-2-7-28(37,12-39)13-40-27-35-22-17(25(36-27)38-10-14-3-4-15(11-38)33-14)9-18(29)20(21(22)31)16-5-6-19(30)24-23(16)34-26(32)41-24/h5-6,9,14-15,33,39H,2-4,7-8,10-13H2,1H3,(H2,32,34)/t14?,15?,28-/m1/s1. The lowest BCUT2D eigenvalue weighted by molar-refractivity contribution is 0.0363. The number of likely N-dealkylation sites (N-methyl/N-ethyl adjacent to an activating group) is 1. The third-order valence-electron chi connectivity index (χ3n) is 8.85. The van der Waals surface area contributed by atoms with Crippen LogP contribution in [0.25, 0.3) is 32.2 Å². The second-order valence-corrected chi connectivity index (χ2v) is 12.8. The fraction of sp³-hybridized carbons (Fsp3) is 0.464. The number of aliphatic hydroxyl groups is 1. The van der Waals surface area contributed by atoms with Crippen LogP contribution < -0.4 is 20.7 Å². The van der Waals surface area contributed by atoms with Crippen LogP contribution in [-0.4, -0.2) is 82.5 Å². The Morgan fingerprint density at radius 2 is 1.98 bits per heavy atom. The number of nitrogens with one attached hydrogen (secondary N) is 1. The summed E-state index contributed by atoms with van der Waals surface area (Å²) >= 11 is 7.77. The van der Waals surface area contributed by atoms with E-state index >= 15 is 4.39 Å². The van der Waals surface area contributed by atoms with Crippen molar-refractivity contribution in [1.29, 1.82) is 0 Å². The fourth-order valence-electron chi connectivity index (χ4n) is 6.58. The smallest absolute Gasteiger partial charge is 0.319 e. The Morgan fingerprint density at radius 1 is 1.20 bits per heavy atom. The van der Waals surface area contributed by atoms with Crippen LogP contribution in [0.5, 0.6) is 6.01 Å². The molecule has 3 saturated heterocycles. The normalized spacial score (nSPS) is 24.7. The number of piperazine rings is 1. The molecule has 0 radical (unpaired) electrons. The number of aliphatic hydroxyl groups excluding tert-OH is 1. The Labute approximate surface area is 244 Å². The van der Waals surface area contributed by atoms with Crippen molar-refractivity contribution in [1.82, 2.24) is 25.2 Å². The number of halogens is 3. The second-order valence-electron chi connectivity index (χ2n) is 11.3. The number of nitrogens with zero attached hydrogens (tertiary/aromatic N) is 5. The molecule has 2 aromatic carbocycles. The summed E-state index contributed by atoms with van der Waals surface area (Å²) in [6.07, 6.45) is 3.84. The third kappa shape index (κ3) is 4.47. The molecule has 4 aromatic rings. The predicted octanol–water partition coefficient (Wildman–Crippen LogP) is 4.20. The van der Waals surface area contributed by atoms with E-state index in [1.807, 2.05) is 7.05 Å². The first-order chi connectivity index (χ1) is 19.8. The van der Waals surface area contributed by atoms with Gasteiger partial charge in [0.1, 0.15) is 23.8 Å². The van der Waals surface area contributed by atoms with E-state index in [4.69, 9.17) is 27.1 Å². The number of fused-ring (bicyclic) bond motifs is 4.